The molecular formula is C22H20FN3O2S. The van der Waals surface area contributed by atoms with E-state index in [1.807, 2.05) is 30.3 Å². The van der Waals surface area contributed by atoms with Crippen LogP contribution in [0.3, 0.4) is 0 Å². The molecule has 0 bridgehead atoms. The number of halogens is 1. The van der Waals surface area contributed by atoms with Crippen molar-refractivity contribution >= 4 is 28.8 Å². The molecule has 0 aliphatic carbocycles. The zero-order chi connectivity index (χ0) is 20.2. The van der Waals surface area contributed by atoms with Gasteiger partial charge in [0.2, 0.25) is 11.8 Å². The minimum Gasteiger partial charge on any atom is -0.344 e. The molecule has 29 heavy (non-hydrogen) atoms. The Morgan fingerprint density at radius 1 is 1.21 bits per heavy atom. The van der Waals surface area contributed by atoms with Crippen molar-refractivity contribution in [3.63, 3.8) is 0 Å². The molecule has 1 N–H and O–H groups in total. The Kier molecular flexibility index (Phi) is 5.67. The van der Waals surface area contributed by atoms with Crippen molar-refractivity contribution in [2.75, 3.05) is 11.4 Å². The van der Waals surface area contributed by atoms with E-state index in [9.17, 15) is 14.0 Å². The third-order valence-electron chi connectivity index (χ3n) is 4.81. The van der Waals surface area contributed by atoms with Crippen LogP contribution in [0.25, 0.3) is 10.6 Å². The Labute approximate surface area is 172 Å². The minimum absolute atomic E-state index is 0.0843. The summed E-state index contributed by atoms with van der Waals surface area (Å²) in [6.45, 7) is 0.651. The number of aromatic nitrogens is 1. The summed E-state index contributed by atoms with van der Waals surface area (Å²) in [6.07, 6.45) is 1.53. The molecule has 1 saturated heterocycles. The number of carbonyl (C=O) groups excluding carboxylic acids is 2. The zero-order valence-corrected chi connectivity index (χ0v) is 16.5. The first kappa shape index (κ1) is 19.3. The summed E-state index contributed by atoms with van der Waals surface area (Å²) in [5.41, 5.74) is 2.13. The van der Waals surface area contributed by atoms with Crippen LogP contribution in [-0.4, -0.2) is 29.4 Å². The maximum absolute atomic E-state index is 13.4. The van der Waals surface area contributed by atoms with Gasteiger partial charge in [0.15, 0.2) is 0 Å². The van der Waals surface area contributed by atoms with E-state index < -0.39 is 6.04 Å². The van der Waals surface area contributed by atoms with Crippen LogP contribution in [0.2, 0.25) is 0 Å². The zero-order valence-electron chi connectivity index (χ0n) is 15.7. The Morgan fingerprint density at radius 2 is 2.03 bits per heavy atom. The maximum atomic E-state index is 13.4. The predicted octanol–water partition coefficient (Wildman–Crippen LogP) is 3.80. The summed E-state index contributed by atoms with van der Waals surface area (Å²) in [4.78, 5) is 31.4. The molecule has 0 radical (unpaired) electrons. The van der Waals surface area contributed by atoms with Gasteiger partial charge in [-0.25, -0.2) is 9.37 Å². The number of nitrogens with zero attached hydrogens (tertiary/aromatic N) is 2. The minimum atomic E-state index is -0.530. The van der Waals surface area contributed by atoms with Gasteiger partial charge < -0.3 is 10.2 Å². The molecular weight excluding hydrogens is 389 g/mol. The molecule has 1 atom stereocenters. The molecule has 148 valence electrons. The average Bonchev–Trinajstić information content (AvgIpc) is 3.19. The van der Waals surface area contributed by atoms with E-state index in [0.29, 0.717) is 29.2 Å². The second-order valence-corrected chi connectivity index (χ2v) is 7.78. The smallest absolute Gasteiger partial charge is 0.249 e. The number of carbonyl (C=O) groups is 2. The lowest BCUT2D eigenvalue weighted by molar-refractivity contribution is -0.128. The number of amides is 2. The summed E-state index contributed by atoms with van der Waals surface area (Å²) >= 11 is 1.36. The van der Waals surface area contributed by atoms with Gasteiger partial charge in [-0.1, -0.05) is 30.3 Å². The van der Waals surface area contributed by atoms with Gasteiger partial charge in [0, 0.05) is 23.2 Å². The number of para-hydroxylation sites is 1. The van der Waals surface area contributed by atoms with Gasteiger partial charge in [-0.15, -0.1) is 11.3 Å². The quantitative estimate of drug-likeness (QED) is 0.697. The van der Waals surface area contributed by atoms with E-state index in [1.165, 1.54) is 23.5 Å². The van der Waals surface area contributed by atoms with Crippen LogP contribution in [-0.2, 0) is 16.0 Å². The van der Waals surface area contributed by atoms with Crippen molar-refractivity contribution in [2.24, 2.45) is 0 Å². The fourth-order valence-electron chi connectivity index (χ4n) is 3.43. The van der Waals surface area contributed by atoms with E-state index >= 15 is 0 Å². The Balaban J connectivity index is 1.39. The fourth-order valence-corrected chi connectivity index (χ4v) is 4.24. The van der Waals surface area contributed by atoms with Crippen LogP contribution in [0.1, 0.15) is 18.5 Å². The first-order chi connectivity index (χ1) is 14.1. The topological polar surface area (TPSA) is 62.3 Å². The number of nitrogens with one attached hydrogen (secondary N) is 1. The van der Waals surface area contributed by atoms with Crippen LogP contribution >= 0.6 is 11.3 Å². The Hall–Kier alpha value is -3.06. The van der Waals surface area contributed by atoms with Crippen molar-refractivity contribution in [3.05, 3.63) is 71.5 Å². The van der Waals surface area contributed by atoms with E-state index in [0.717, 1.165) is 12.1 Å². The highest BCUT2D eigenvalue weighted by Crippen LogP contribution is 2.25. The second-order valence-electron chi connectivity index (χ2n) is 6.92. The molecule has 3 aromatic rings. The van der Waals surface area contributed by atoms with Gasteiger partial charge in [-0.3, -0.25) is 9.59 Å². The van der Waals surface area contributed by atoms with Crippen LogP contribution in [0, 0.1) is 5.82 Å². The fraction of sp³-hybridized carbons (Fsp3) is 0.227. The van der Waals surface area contributed by atoms with Gasteiger partial charge in [0.05, 0.1) is 12.1 Å². The van der Waals surface area contributed by atoms with Crippen LogP contribution in [0.4, 0.5) is 10.1 Å². The maximum Gasteiger partial charge on any atom is 0.249 e. The molecule has 1 fully saturated rings. The van der Waals surface area contributed by atoms with Crippen molar-refractivity contribution in [1.82, 2.24) is 10.3 Å². The van der Waals surface area contributed by atoms with Crippen LogP contribution < -0.4 is 10.2 Å². The molecule has 5 nitrogen and oxygen atoms in total. The molecule has 7 heteroatoms. The molecule has 0 saturated carbocycles. The molecule has 2 heterocycles. The van der Waals surface area contributed by atoms with Crippen molar-refractivity contribution in [3.8, 4) is 10.6 Å². The van der Waals surface area contributed by atoms with Gasteiger partial charge in [-0.05, 0) is 37.1 Å². The van der Waals surface area contributed by atoms with Crippen molar-refractivity contribution in [1.29, 1.82) is 0 Å². The second kappa shape index (κ2) is 8.53. The Bertz CT molecular complexity index is 1020. The molecule has 2 amide bonds. The molecule has 1 aliphatic heterocycles. The first-order valence-corrected chi connectivity index (χ1v) is 10.3. The number of hydrogen-bond acceptors (Lipinski definition) is 4. The lowest BCUT2D eigenvalue weighted by Crippen LogP contribution is -2.52. The van der Waals surface area contributed by atoms with Gasteiger partial charge in [0.1, 0.15) is 16.9 Å². The Morgan fingerprint density at radius 3 is 2.83 bits per heavy atom. The van der Waals surface area contributed by atoms with E-state index in [4.69, 9.17) is 0 Å². The molecule has 1 aliphatic rings. The number of anilines is 1. The van der Waals surface area contributed by atoms with Gasteiger partial charge in [0.25, 0.3) is 0 Å². The van der Waals surface area contributed by atoms with E-state index in [-0.39, 0.29) is 24.1 Å². The average molecular weight is 409 g/mol. The number of benzene rings is 2. The molecule has 2 aromatic carbocycles. The third kappa shape index (κ3) is 4.51. The lowest BCUT2D eigenvalue weighted by Gasteiger charge is -2.32. The standard InChI is InChI=1S/C22H20FN3O2S/c23-16-7-4-6-15(12-16)21-24-17(14-29-21)13-20(27)25-19-10-5-11-26(22(19)28)18-8-2-1-3-9-18/h1-4,6-9,12,14,19H,5,10-11,13H2,(H,25,27). The summed E-state index contributed by atoms with van der Waals surface area (Å²) < 4.78 is 13.4. The van der Waals surface area contributed by atoms with Crippen molar-refractivity contribution in [2.45, 2.75) is 25.3 Å². The van der Waals surface area contributed by atoms with Gasteiger partial charge >= 0.3 is 0 Å². The highest BCUT2D eigenvalue weighted by molar-refractivity contribution is 7.13. The first-order valence-electron chi connectivity index (χ1n) is 9.46. The summed E-state index contributed by atoms with van der Waals surface area (Å²) in [5, 5.41) is 5.30. The lowest BCUT2D eigenvalue weighted by atomic mass is 10.0. The summed E-state index contributed by atoms with van der Waals surface area (Å²) in [5.74, 6) is -0.653. The van der Waals surface area contributed by atoms with Crippen LogP contribution in [0.15, 0.2) is 60.0 Å². The molecule has 1 aromatic heterocycles. The highest BCUT2D eigenvalue weighted by atomic mass is 32.1. The van der Waals surface area contributed by atoms with E-state index in [1.54, 1.807) is 22.4 Å². The van der Waals surface area contributed by atoms with Gasteiger partial charge in [-0.2, -0.15) is 0 Å². The molecule has 1 unspecified atom stereocenters. The van der Waals surface area contributed by atoms with E-state index in [2.05, 4.69) is 10.3 Å². The largest absolute Gasteiger partial charge is 0.344 e. The molecule has 4 rings (SSSR count). The monoisotopic (exact) mass is 409 g/mol. The highest BCUT2D eigenvalue weighted by Gasteiger charge is 2.30. The van der Waals surface area contributed by atoms with Crippen molar-refractivity contribution < 1.29 is 14.0 Å². The number of hydrogen-bond donors (Lipinski definition) is 1. The number of thiazole rings is 1. The normalized spacial score (nSPS) is 16.7. The third-order valence-corrected chi connectivity index (χ3v) is 5.75. The number of piperidine rings is 1. The summed E-state index contributed by atoms with van der Waals surface area (Å²) in [6, 6.07) is 15.2. The SMILES string of the molecule is O=C(Cc1csc(-c2cccc(F)c2)n1)NC1CCCN(c2ccccc2)C1=O. The predicted molar refractivity (Wildman–Crippen MR) is 111 cm³/mol. The number of rotatable bonds is 5. The molecule has 0 spiro atoms. The van der Waals surface area contributed by atoms with Crippen LogP contribution in [0.5, 0.6) is 0 Å². The summed E-state index contributed by atoms with van der Waals surface area (Å²) in [7, 11) is 0.